The molecule has 1 saturated carbocycles. The van der Waals surface area contributed by atoms with Gasteiger partial charge >= 0.3 is 6.01 Å². The number of nitrogens with zero attached hydrogens (tertiary/aromatic N) is 4. The van der Waals surface area contributed by atoms with Crippen LogP contribution in [0.1, 0.15) is 62.8 Å². The Kier molecular flexibility index (Phi) is 6.65. The molecule has 3 aromatic carbocycles. The molecule has 4 aromatic rings. The number of alkyl halides is 1. The molecule has 0 amide bonds. The summed E-state index contributed by atoms with van der Waals surface area (Å²) in [6.07, 6.45) is 6.53. The van der Waals surface area contributed by atoms with Crippen LogP contribution in [0.2, 0.25) is 0 Å². The number of rotatable bonds is 6. The fourth-order valence-electron chi connectivity index (χ4n) is 9.03. The number of hydrogen-bond donors (Lipinski definition) is 2. The molecule has 4 atom stereocenters. The van der Waals surface area contributed by atoms with E-state index in [0.717, 1.165) is 67.8 Å². The van der Waals surface area contributed by atoms with Gasteiger partial charge in [-0.25, -0.2) is 13.2 Å². The summed E-state index contributed by atoms with van der Waals surface area (Å²) < 4.78 is 54.2. The minimum absolute atomic E-state index is 0.0179. The number of benzene rings is 3. The van der Waals surface area contributed by atoms with E-state index in [9.17, 15) is 9.50 Å². The van der Waals surface area contributed by atoms with Gasteiger partial charge < -0.3 is 20.1 Å². The van der Waals surface area contributed by atoms with Gasteiger partial charge in [0.2, 0.25) is 0 Å². The van der Waals surface area contributed by atoms with Gasteiger partial charge in [0.15, 0.2) is 5.82 Å². The average molecular weight is 630 g/mol. The Morgan fingerprint density at radius 2 is 1.83 bits per heavy atom. The van der Waals surface area contributed by atoms with Crippen LogP contribution in [0.4, 0.5) is 19.0 Å². The Hall–Kier alpha value is -3.63. The molecule has 5 aliphatic rings. The number of halogens is 3. The first-order valence-electron chi connectivity index (χ1n) is 16.8. The molecule has 4 aliphatic heterocycles. The van der Waals surface area contributed by atoms with Crippen LogP contribution < -0.4 is 15.0 Å². The van der Waals surface area contributed by atoms with E-state index >= 15 is 8.78 Å². The van der Waals surface area contributed by atoms with E-state index in [-0.39, 0.29) is 41.5 Å². The second-order valence-corrected chi connectivity index (χ2v) is 14.2. The SMILES string of the molecule is Oc1cc(-c2c(F)cc3c(N4CC5CCC(C4)N5)nc(OCC45CCCN4CC(F)C5)nc3c2F)c2c(C3CCC3)cccc2c1. The number of piperazine rings is 1. The van der Waals surface area contributed by atoms with E-state index in [1.807, 2.05) is 18.2 Å². The number of hydrogen-bond acceptors (Lipinski definition) is 7. The first-order chi connectivity index (χ1) is 22.3. The van der Waals surface area contributed by atoms with Crippen LogP contribution in [0.15, 0.2) is 36.4 Å². The fourth-order valence-corrected chi connectivity index (χ4v) is 9.03. The number of phenols is 1. The van der Waals surface area contributed by atoms with Crippen molar-refractivity contribution >= 4 is 27.5 Å². The van der Waals surface area contributed by atoms with E-state index < -0.39 is 23.3 Å². The Labute approximate surface area is 265 Å². The molecule has 46 heavy (non-hydrogen) atoms. The van der Waals surface area contributed by atoms with Gasteiger partial charge in [0.25, 0.3) is 0 Å². The van der Waals surface area contributed by atoms with Crippen LogP contribution in [0.25, 0.3) is 32.8 Å². The zero-order valence-corrected chi connectivity index (χ0v) is 25.7. The van der Waals surface area contributed by atoms with Crippen molar-refractivity contribution in [3.8, 4) is 22.9 Å². The first kappa shape index (κ1) is 28.6. The molecule has 10 heteroatoms. The van der Waals surface area contributed by atoms with Crippen LogP contribution >= 0.6 is 0 Å². The van der Waals surface area contributed by atoms with Crippen molar-refractivity contribution in [2.45, 2.75) is 81.1 Å². The summed E-state index contributed by atoms with van der Waals surface area (Å²) in [5.41, 5.74) is 0.710. The number of nitrogens with one attached hydrogen (secondary N) is 1. The lowest BCUT2D eigenvalue weighted by atomic mass is 9.77. The Morgan fingerprint density at radius 3 is 2.61 bits per heavy atom. The van der Waals surface area contributed by atoms with Gasteiger partial charge in [0, 0.05) is 43.5 Å². The Balaban J connectivity index is 1.20. The van der Waals surface area contributed by atoms with Crippen LogP contribution in [0, 0.1) is 11.6 Å². The highest BCUT2D eigenvalue weighted by Gasteiger charge is 2.49. The molecule has 0 radical (unpaired) electrons. The van der Waals surface area contributed by atoms with E-state index in [1.165, 1.54) is 12.1 Å². The fraction of sp³-hybridized carbons (Fsp3) is 0.500. The van der Waals surface area contributed by atoms with Gasteiger partial charge in [-0.2, -0.15) is 9.97 Å². The smallest absolute Gasteiger partial charge is 0.319 e. The largest absolute Gasteiger partial charge is 0.508 e. The summed E-state index contributed by atoms with van der Waals surface area (Å²) in [7, 11) is 0. The zero-order chi connectivity index (χ0) is 31.2. The molecular weight excluding hydrogens is 591 g/mol. The lowest BCUT2D eigenvalue weighted by Gasteiger charge is -2.34. The maximum atomic E-state index is 17.0. The number of ether oxygens (including phenoxy) is 1. The van der Waals surface area contributed by atoms with Crippen molar-refractivity contribution in [3.63, 3.8) is 0 Å². The molecule has 9 rings (SSSR count). The second kappa shape index (κ2) is 10.7. The van der Waals surface area contributed by atoms with Crippen molar-refractivity contribution < 1.29 is 23.0 Å². The molecule has 4 unspecified atom stereocenters. The van der Waals surface area contributed by atoms with Crippen LogP contribution in [-0.4, -0.2) is 76.6 Å². The van der Waals surface area contributed by atoms with Crippen LogP contribution in [0.5, 0.6) is 11.8 Å². The van der Waals surface area contributed by atoms with Crippen molar-refractivity contribution in [1.82, 2.24) is 20.2 Å². The maximum absolute atomic E-state index is 17.0. The molecule has 240 valence electrons. The second-order valence-electron chi connectivity index (χ2n) is 14.2. The van der Waals surface area contributed by atoms with Crippen molar-refractivity contribution in [1.29, 1.82) is 0 Å². The predicted octanol–water partition coefficient (Wildman–Crippen LogP) is 6.60. The molecular formula is C36H38F3N5O2. The third-order valence-electron chi connectivity index (χ3n) is 11.4. The molecule has 0 spiro atoms. The highest BCUT2D eigenvalue weighted by molar-refractivity contribution is 6.03. The first-order valence-corrected chi connectivity index (χ1v) is 16.8. The van der Waals surface area contributed by atoms with Crippen molar-refractivity contribution in [3.05, 3.63) is 53.6 Å². The van der Waals surface area contributed by atoms with Crippen molar-refractivity contribution in [2.24, 2.45) is 0 Å². The van der Waals surface area contributed by atoms with Gasteiger partial charge in [-0.05, 0) is 91.1 Å². The summed E-state index contributed by atoms with van der Waals surface area (Å²) >= 11 is 0. The summed E-state index contributed by atoms with van der Waals surface area (Å²) in [5, 5.41) is 16.1. The molecule has 5 heterocycles. The average Bonchev–Trinajstić information content (AvgIpc) is 3.65. The monoisotopic (exact) mass is 629 g/mol. The van der Waals surface area contributed by atoms with Crippen LogP contribution in [-0.2, 0) is 0 Å². The molecule has 1 aliphatic carbocycles. The van der Waals surface area contributed by atoms with Gasteiger partial charge in [0.1, 0.15) is 35.7 Å². The van der Waals surface area contributed by atoms with E-state index in [0.29, 0.717) is 48.7 Å². The number of phenolic OH excluding ortho intramolecular Hbond substituents is 1. The van der Waals surface area contributed by atoms with E-state index in [1.54, 1.807) is 6.07 Å². The predicted molar refractivity (Wildman–Crippen MR) is 171 cm³/mol. The van der Waals surface area contributed by atoms with E-state index in [2.05, 4.69) is 20.1 Å². The van der Waals surface area contributed by atoms with Gasteiger partial charge in [-0.15, -0.1) is 0 Å². The summed E-state index contributed by atoms with van der Waals surface area (Å²) in [6, 6.07) is 10.9. The summed E-state index contributed by atoms with van der Waals surface area (Å²) in [4.78, 5) is 13.7. The Bertz CT molecular complexity index is 1860. The third-order valence-corrected chi connectivity index (χ3v) is 11.4. The Morgan fingerprint density at radius 1 is 1.00 bits per heavy atom. The standard InChI is InChI=1S/C36H38F3N5O2/c37-22-15-36(10-3-11-44(36)16-22)19-46-35-41-33-28(34(42-35)43-17-23-8-9-24(18-43)40-23)14-29(38)31(32(33)39)27-13-25(45)12-21-6-2-7-26(30(21)27)20-4-1-5-20/h2,6-7,12-14,20,22-24,40,45H,1,3-5,8-11,15-19H2. The van der Waals surface area contributed by atoms with Gasteiger partial charge in [0.05, 0.1) is 11.1 Å². The minimum atomic E-state index is -0.904. The van der Waals surface area contributed by atoms with Crippen molar-refractivity contribution in [2.75, 3.05) is 37.7 Å². The molecule has 4 saturated heterocycles. The summed E-state index contributed by atoms with van der Waals surface area (Å²) in [6.45, 7) is 2.76. The maximum Gasteiger partial charge on any atom is 0.319 e. The molecule has 7 nitrogen and oxygen atoms in total. The highest BCUT2D eigenvalue weighted by Crippen LogP contribution is 2.46. The molecule has 2 bridgehead atoms. The van der Waals surface area contributed by atoms with Gasteiger partial charge in [-0.1, -0.05) is 24.6 Å². The molecule has 2 N–H and O–H groups in total. The summed E-state index contributed by atoms with van der Waals surface area (Å²) in [5.74, 6) is -0.822. The number of fused-ring (bicyclic) bond motifs is 5. The minimum Gasteiger partial charge on any atom is -0.508 e. The number of aromatic hydroxyl groups is 1. The molecule has 1 aromatic heterocycles. The number of anilines is 1. The third kappa shape index (κ3) is 4.54. The zero-order valence-electron chi connectivity index (χ0n) is 25.7. The number of aromatic nitrogens is 2. The lowest BCUT2D eigenvalue weighted by Crippen LogP contribution is -2.51. The van der Waals surface area contributed by atoms with Crippen LogP contribution in [0.3, 0.4) is 0 Å². The highest BCUT2D eigenvalue weighted by atomic mass is 19.1. The molecule has 5 fully saturated rings. The van der Waals surface area contributed by atoms with Gasteiger partial charge in [-0.3, -0.25) is 4.90 Å². The normalized spacial score (nSPS) is 27.9. The lowest BCUT2D eigenvalue weighted by molar-refractivity contribution is 0.107. The topological polar surface area (TPSA) is 73.8 Å². The van der Waals surface area contributed by atoms with E-state index in [4.69, 9.17) is 9.72 Å². The quantitative estimate of drug-likeness (QED) is 0.249.